The monoisotopic (exact) mass is 242 g/mol. The first-order valence-corrected chi connectivity index (χ1v) is 6.48. The van der Waals surface area contributed by atoms with E-state index in [1.807, 2.05) is 26.1 Å². The number of hydrogen-bond donors (Lipinski definition) is 0. The predicted molar refractivity (Wildman–Crippen MR) is 79.8 cm³/mol. The molecule has 2 nitrogen and oxygen atoms in total. The van der Waals surface area contributed by atoms with Crippen molar-refractivity contribution in [2.45, 2.75) is 40.5 Å². The molecule has 1 aromatic heterocycles. The molecule has 0 spiro atoms. The number of aliphatic imine (C=N–C) groups is 1. The van der Waals surface area contributed by atoms with Crippen molar-refractivity contribution in [2.24, 2.45) is 4.99 Å². The Kier molecular flexibility index (Phi) is 5.50. The molecule has 1 rings (SSSR count). The third-order valence-corrected chi connectivity index (χ3v) is 2.93. The van der Waals surface area contributed by atoms with Gasteiger partial charge in [0, 0.05) is 34.4 Å². The standard InChI is InChI=1S/C16H22N2/c1-6-12(4)18-16(8-3)14(7-2)15-10-9-11-17-13(15)5/h7,9-11H,4,6,8H2,1-3,5H3/b14-7+,18-16?. The molecule has 0 aliphatic carbocycles. The average Bonchev–Trinajstić information content (AvgIpc) is 2.40. The fourth-order valence-electron chi connectivity index (χ4n) is 1.85. The summed E-state index contributed by atoms with van der Waals surface area (Å²) >= 11 is 0. The van der Waals surface area contributed by atoms with Gasteiger partial charge in [0.05, 0.1) is 0 Å². The third kappa shape index (κ3) is 3.39. The highest BCUT2D eigenvalue weighted by Crippen LogP contribution is 2.21. The molecule has 2 heteroatoms. The van der Waals surface area contributed by atoms with Gasteiger partial charge in [-0.15, -0.1) is 0 Å². The van der Waals surface area contributed by atoms with Gasteiger partial charge in [-0.05, 0) is 32.8 Å². The molecule has 0 amide bonds. The van der Waals surface area contributed by atoms with Crippen LogP contribution in [0.3, 0.4) is 0 Å². The number of nitrogens with zero attached hydrogens (tertiary/aromatic N) is 2. The van der Waals surface area contributed by atoms with E-state index in [-0.39, 0.29) is 0 Å². The summed E-state index contributed by atoms with van der Waals surface area (Å²) in [7, 11) is 0. The van der Waals surface area contributed by atoms with Crippen molar-refractivity contribution in [3.8, 4) is 0 Å². The van der Waals surface area contributed by atoms with E-state index >= 15 is 0 Å². The molecule has 18 heavy (non-hydrogen) atoms. The zero-order chi connectivity index (χ0) is 13.5. The van der Waals surface area contributed by atoms with E-state index in [9.17, 15) is 0 Å². The predicted octanol–water partition coefficient (Wildman–Crippen LogP) is 4.57. The molecular weight excluding hydrogens is 220 g/mol. The second-order valence-electron chi connectivity index (χ2n) is 4.17. The maximum absolute atomic E-state index is 4.63. The van der Waals surface area contributed by atoms with Gasteiger partial charge >= 0.3 is 0 Å². The van der Waals surface area contributed by atoms with Crippen molar-refractivity contribution in [2.75, 3.05) is 0 Å². The van der Waals surface area contributed by atoms with E-state index in [1.165, 1.54) is 0 Å². The van der Waals surface area contributed by atoms with Gasteiger partial charge in [0.15, 0.2) is 0 Å². The highest BCUT2D eigenvalue weighted by atomic mass is 14.8. The Morgan fingerprint density at radius 1 is 1.39 bits per heavy atom. The van der Waals surface area contributed by atoms with E-state index in [2.05, 4.69) is 42.5 Å². The summed E-state index contributed by atoms with van der Waals surface area (Å²) in [5, 5.41) is 0. The second kappa shape index (κ2) is 6.90. The maximum atomic E-state index is 4.63. The lowest BCUT2D eigenvalue weighted by atomic mass is 9.98. The highest BCUT2D eigenvalue weighted by Gasteiger charge is 2.10. The van der Waals surface area contributed by atoms with Crippen LogP contribution in [0.15, 0.2) is 41.7 Å². The summed E-state index contributed by atoms with van der Waals surface area (Å²) in [5.41, 5.74) is 5.37. The van der Waals surface area contributed by atoms with Gasteiger partial charge in [0.1, 0.15) is 0 Å². The maximum Gasteiger partial charge on any atom is 0.0479 e. The second-order valence-corrected chi connectivity index (χ2v) is 4.17. The number of allylic oxidation sites excluding steroid dienone is 3. The van der Waals surface area contributed by atoms with E-state index < -0.39 is 0 Å². The molecule has 0 aliphatic heterocycles. The molecule has 0 saturated heterocycles. The van der Waals surface area contributed by atoms with Crippen LogP contribution < -0.4 is 0 Å². The molecule has 0 aromatic carbocycles. The summed E-state index contributed by atoms with van der Waals surface area (Å²) in [6.07, 6.45) is 5.70. The lowest BCUT2D eigenvalue weighted by molar-refractivity contribution is 1.07. The normalized spacial score (nSPS) is 12.7. The molecule has 0 aliphatic rings. The summed E-state index contributed by atoms with van der Waals surface area (Å²) in [6.45, 7) is 12.2. The van der Waals surface area contributed by atoms with Crippen molar-refractivity contribution >= 4 is 11.3 Å². The van der Waals surface area contributed by atoms with Crippen LogP contribution in [0.2, 0.25) is 0 Å². The Hall–Kier alpha value is -1.70. The molecule has 0 saturated carbocycles. The van der Waals surface area contributed by atoms with Gasteiger partial charge < -0.3 is 0 Å². The molecule has 0 fully saturated rings. The van der Waals surface area contributed by atoms with Gasteiger partial charge in [-0.2, -0.15) is 0 Å². The van der Waals surface area contributed by atoms with Crippen LogP contribution in [0.25, 0.3) is 5.57 Å². The minimum absolute atomic E-state index is 0.881. The minimum atomic E-state index is 0.881. The van der Waals surface area contributed by atoms with Crippen LogP contribution in [-0.2, 0) is 0 Å². The minimum Gasteiger partial charge on any atom is -0.261 e. The quantitative estimate of drug-likeness (QED) is 0.694. The van der Waals surface area contributed by atoms with E-state index in [0.717, 1.165) is 41.1 Å². The number of rotatable bonds is 5. The Bertz CT molecular complexity index is 482. The van der Waals surface area contributed by atoms with Crippen molar-refractivity contribution in [3.63, 3.8) is 0 Å². The molecule has 0 N–H and O–H groups in total. The van der Waals surface area contributed by atoms with Gasteiger partial charge in [-0.3, -0.25) is 9.98 Å². The molecular formula is C16H22N2. The largest absolute Gasteiger partial charge is 0.261 e. The zero-order valence-electron chi connectivity index (χ0n) is 11.8. The van der Waals surface area contributed by atoms with Gasteiger partial charge in [-0.1, -0.05) is 32.6 Å². The SMILES string of the molecule is C=C(CC)N=C(CC)/C(=C/C)c1cccnc1C. The summed E-state index contributed by atoms with van der Waals surface area (Å²) < 4.78 is 0. The lowest BCUT2D eigenvalue weighted by Crippen LogP contribution is -2.04. The van der Waals surface area contributed by atoms with E-state index in [4.69, 9.17) is 0 Å². The number of aryl methyl sites for hydroxylation is 1. The van der Waals surface area contributed by atoms with Gasteiger partial charge in [0.25, 0.3) is 0 Å². The summed E-state index contributed by atoms with van der Waals surface area (Å²) in [6, 6.07) is 4.06. The summed E-state index contributed by atoms with van der Waals surface area (Å²) in [5.74, 6) is 0. The molecule has 0 bridgehead atoms. The van der Waals surface area contributed by atoms with Crippen LogP contribution in [0.4, 0.5) is 0 Å². The number of pyridine rings is 1. The Balaban J connectivity index is 3.22. The number of hydrogen-bond acceptors (Lipinski definition) is 2. The van der Waals surface area contributed by atoms with Gasteiger partial charge in [0.2, 0.25) is 0 Å². The first-order chi connectivity index (χ1) is 8.63. The zero-order valence-corrected chi connectivity index (χ0v) is 11.8. The first kappa shape index (κ1) is 14.4. The number of aromatic nitrogens is 1. The van der Waals surface area contributed by atoms with E-state index in [1.54, 1.807) is 0 Å². The Morgan fingerprint density at radius 3 is 2.61 bits per heavy atom. The van der Waals surface area contributed by atoms with Crippen LogP contribution in [0.1, 0.15) is 44.9 Å². The fourth-order valence-corrected chi connectivity index (χ4v) is 1.85. The van der Waals surface area contributed by atoms with Crippen molar-refractivity contribution < 1.29 is 0 Å². The molecule has 1 aromatic rings. The highest BCUT2D eigenvalue weighted by molar-refractivity contribution is 6.24. The molecule has 0 atom stereocenters. The average molecular weight is 242 g/mol. The molecule has 0 radical (unpaired) electrons. The van der Waals surface area contributed by atoms with Crippen LogP contribution in [0.5, 0.6) is 0 Å². The lowest BCUT2D eigenvalue weighted by Gasteiger charge is -2.12. The Morgan fingerprint density at radius 2 is 2.11 bits per heavy atom. The summed E-state index contributed by atoms with van der Waals surface area (Å²) in [4.78, 5) is 8.97. The smallest absolute Gasteiger partial charge is 0.0479 e. The molecule has 0 unspecified atom stereocenters. The van der Waals surface area contributed by atoms with E-state index in [0.29, 0.717) is 0 Å². The van der Waals surface area contributed by atoms with Crippen molar-refractivity contribution in [3.05, 3.63) is 47.9 Å². The van der Waals surface area contributed by atoms with Crippen molar-refractivity contribution in [1.29, 1.82) is 0 Å². The van der Waals surface area contributed by atoms with Crippen LogP contribution in [0, 0.1) is 6.92 Å². The topological polar surface area (TPSA) is 25.2 Å². The fraction of sp³-hybridized carbons (Fsp3) is 0.375. The van der Waals surface area contributed by atoms with Crippen LogP contribution >= 0.6 is 0 Å². The molecule has 96 valence electrons. The first-order valence-electron chi connectivity index (χ1n) is 6.48. The van der Waals surface area contributed by atoms with Crippen molar-refractivity contribution in [1.82, 2.24) is 4.98 Å². The van der Waals surface area contributed by atoms with Crippen LogP contribution in [-0.4, -0.2) is 10.7 Å². The molecule has 1 heterocycles. The third-order valence-electron chi connectivity index (χ3n) is 2.93. The Labute approximate surface area is 110 Å². The van der Waals surface area contributed by atoms with Gasteiger partial charge in [-0.25, -0.2) is 0 Å².